The number of ether oxygens (including phenoxy) is 2. The first-order valence-corrected chi connectivity index (χ1v) is 9.30. The Hall–Kier alpha value is -3.02. The molecule has 2 aliphatic rings. The lowest BCUT2D eigenvalue weighted by atomic mass is 9.89. The van der Waals surface area contributed by atoms with Gasteiger partial charge in [0.05, 0.1) is 5.69 Å². The smallest absolute Gasteiger partial charge is 0.231 e. The zero-order valence-electron chi connectivity index (χ0n) is 15.2. The summed E-state index contributed by atoms with van der Waals surface area (Å²) in [4.78, 5) is 17.5. The number of aryl methyl sites for hydroxylation is 2. The highest BCUT2D eigenvalue weighted by molar-refractivity contribution is 5.79. The van der Waals surface area contributed by atoms with Gasteiger partial charge in [0.2, 0.25) is 12.7 Å². The molecule has 5 rings (SSSR count). The molecule has 138 valence electrons. The third-order valence-corrected chi connectivity index (χ3v) is 5.41. The quantitative estimate of drug-likeness (QED) is 0.777. The molecule has 6 nitrogen and oxygen atoms in total. The van der Waals surface area contributed by atoms with Crippen molar-refractivity contribution in [2.24, 2.45) is 5.92 Å². The summed E-state index contributed by atoms with van der Waals surface area (Å²) in [5.41, 5.74) is 5.47. The number of amides is 1. The Morgan fingerprint density at radius 1 is 1.26 bits per heavy atom. The molecule has 1 N–H and O–H groups in total. The second kappa shape index (κ2) is 6.30. The number of pyridine rings is 1. The van der Waals surface area contributed by atoms with Gasteiger partial charge in [-0.2, -0.15) is 0 Å². The molecule has 1 atom stereocenters. The Morgan fingerprint density at radius 2 is 2.15 bits per heavy atom. The van der Waals surface area contributed by atoms with Gasteiger partial charge in [-0.3, -0.25) is 4.79 Å². The van der Waals surface area contributed by atoms with Crippen LogP contribution in [0.25, 0.3) is 5.65 Å². The third kappa shape index (κ3) is 2.91. The van der Waals surface area contributed by atoms with Gasteiger partial charge in [0.1, 0.15) is 5.65 Å². The van der Waals surface area contributed by atoms with E-state index in [0.717, 1.165) is 47.7 Å². The van der Waals surface area contributed by atoms with Crippen LogP contribution in [-0.2, 0) is 24.2 Å². The minimum absolute atomic E-state index is 0.0206. The highest BCUT2D eigenvalue weighted by Crippen LogP contribution is 2.32. The van der Waals surface area contributed by atoms with E-state index in [4.69, 9.17) is 14.5 Å². The summed E-state index contributed by atoms with van der Waals surface area (Å²) in [6.07, 6.45) is 4.47. The third-order valence-electron chi connectivity index (χ3n) is 5.41. The fourth-order valence-electron chi connectivity index (χ4n) is 3.92. The fraction of sp³-hybridized carbons (Fsp3) is 0.333. The zero-order chi connectivity index (χ0) is 18.4. The van der Waals surface area contributed by atoms with E-state index in [2.05, 4.69) is 35.0 Å². The SMILES string of the molecule is Cc1ccn2c3c(nc2c1)CCC(C(=O)NCc1ccc2c(c1)OCO2)C3. The molecule has 1 unspecified atom stereocenters. The van der Waals surface area contributed by atoms with Gasteiger partial charge < -0.3 is 19.2 Å². The van der Waals surface area contributed by atoms with Crippen LogP contribution in [0.2, 0.25) is 0 Å². The summed E-state index contributed by atoms with van der Waals surface area (Å²) in [5, 5.41) is 3.08. The first-order chi connectivity index (χ1) is 13.2. The van der Waals surface area contributed by atoms with E-state index < -0.39 is 0 Å². The number of aromatic nitrogens is 2. The largest absolute Gasteiger partial charge is 0.454 e. The van der Waals surface area contributed by atoms with Crippen LogP contribution in [0.4, 0.5) is 0 Å². The molecule has 0 saturated carbocycles. The molecule has 0 bridgehead atoms. The summed E-state index contributed by atoms with van der Waals surface area (Å²) < 4.78 is 12.8. The minimum Gasteiger partial charge on any atom is -0.454 e. The second-order valence-corrected chi connectivity index (χ2v) is 7.28. The van der Waals surface area contributed by atoms with Crippen molar-refractivity contribution in [2.75, 3.05) is 6.79 Å². The van der Waals surface area contributed by atoms with Crippen LogP contribution in [0.3, 0.4) is 0 Å². The second-order valence-electron chi connectivity index (χ2n) is 7.28. The Balaban J connectivity index is 1.28. The molecule has 0 saturated heterocycles. The van der Waals surface area contributed by atoms with Gasteiger partial charge in [-0.05, 0) is 55.2 Å². The summed E-state index contributed by atoms with van der Waals surface area (Å²) in [5.74, 6) is 1.57. The van der Waals surface area contributed by atoms with Crippen LogP contribution in [0, 0.1) is 12.8 Å². The Bertz CT molecular complexity index is 1040. The van der Waals surface area contributed by atoms with Crippen molar-refractivity contribution in [3.63, 3.8) is 0 Å². The van der Waals surface area contributed by atoms with E-state index >= 15 is 0 Å². The average molecular weight is 363 g/mol. The summed E-state index contributed by atoms with van der Waals surface area (Å²) in [7, 11) is 0. The number of rotatable bonds is 3. The van der Waals surface area contributed by atoms with Crippen LogP contribution in [0.5, 0.6) is 11.5 Å². The van der Waals surface area contributed by atoms with E-state index in [1.165, 1.54) is 11.3 Å². The van der Waals surface area contributed by atoms with Crippen LogP contribution in [0.15, 0.2) is 36.5 Å². The Labute approximate surface area is 157 Å². The van der Waals surface area contributed by atoms with Crippen LogP contribution >= 0.6 is 0 Å². The van der Waals surface area contributed by atoms with E-state index in [-0.39, 0.29) is 18.6 Å². The lowest BCUT2D eigenvalue weighted by Crippen LogP contribution is -2.34. The van der Waals surface area contributed by atoms with Crippen LogP contribution < -0.4 is 14.8 Å². The maximum absolute atomic E-state index is 12.7. The van der Waals surface area contributed by atoms with Crippen molar-refractivity contribution >= 4 is 11.6 Å². The van der Waals surface area contributed by atoms with Crippen LogP contribution in [0.1, 0.15) is 28.9 Å². The maximum atomic E-state index is 12.7. The Morgan fingerprint density at radius 3 is 3.07 bits per heavy atom. The van der Waals surface area contributed by atoms with Gasteiger partial charge in [0.15, 0.2) is 11.5 Å². The fourth-order valence-corrected chi connectivity index (χ4v) is 3.92. The van der Waals surface area contributed by atoms with Gasteiger partial charge in [-0.25, -0.2) is 4.98 Å². The van der Waals surface area contributed by atoms with E-state index in [9.17, 15) is 4.79 Å². The highest BCUT2D eigenvalue weighted by Gasteiger charge is 2.28. The molecule has 0 spiro atoms. The number of imidazole rings is 1. The van der Waals surface area contributed by atoms with Gasteiger partial charge in [-0.15, -0.1) is 0 Å². The number of hydrogen-bond acceptors (Lipinski definition) is 4. The van der Waals surface area contributed by atoms with Crippen LogP contribution in [-0.4, -0.2) is 22.1 Å². The molecular weight excluding hydrogens is 342 g/mol. The summed E-state index contributed by atoms with van der Waals surface area (Å²) in [6.45, 7) is 2.82. The number of hydrogen-bond donors (Lipinski definition) is 1. The van der Waals surface area contributed by atoms with E-state index in [0.29, 0.717) is 6.54 Å². The molecule has 27 heavy (non-hydrogen) atoms. The van der Waals surface area contributed by atoms with Crippen molar-refractivity contribution < 1.29 is 14.3 Å². The number of carbonyl (C=O) groups is 1. The standard InChI is InChI=1S/C21H21N3O3/c1-13-6-7-24-17-10-15(3-4-16(17)23-20(24)8-13)21(25)22-11-14-2-5-18-19(9-14)27-12-26-18/h2,5-9,15H,3-4,10-12H2,1H3,(H,22,25). The number of carbonyl (C=O) groups excluding carboxylic acids is 1. The van der Waals surface area contributed by atoms with Gasteiger partial charge in [0.25, 0.3) is 0 Å². The number of benzene rings is 1. The maximum Gasteiger partial charge on any atom is 0.231 e. The molecule has 1 aromatic carbocycles. The Kier molecular flexibility index (Phi) is 3.77. The number of nitrogens with one attached hydrogen (secondary N) is 1. The zero-order valence-corrected chi connectivity index (χ0v) is 15.2. The van der Waals surface area contributed by atoms with E-state index in [1.807, 2.05) is 18.2 Å². The monoisotopic (exact) mass is 363 g/mol. The average Bonchev–Trinajstić information content (AvgIpc) is 3.28. The summed E-state index contributed by atoms with van der Waals surface area (Å²) in [6, 6.07) is 9.94. The predicted molar refractivity (Wildman–Crippen MR) is 99.9 cm³/mol. The minimum atomic E-state index is -0.0206. The van der Waals surface area contributed by atoms with Crippen molar-refractivity contribution in [3.8, 4) is 11.5 Å². The first-order valence-electron chi connectivity index (χ1n) is 9.30. The van der Waals surface area contributed by atoms with Crippen molar-refractivity contribution in [1.29, 1.82) is 0 Å². The molecule has 1 aliphatic heterocycles. The van der Waals surface area contributed by atoms with Crippen molar-refractivity contribution in [2.45, 2.75) is 32.7 Å². The normalized spacial score (nSPS) is 17.7. The number of fused-ring (bicyclic) bond motifs is 4. The van der Waals surface area contributed by atoms with Gasteiger partial charge in [-0.1, -0.05) is 6.07 Å². The lowest BCUT2D eigenvalue weighted by Gasteiger charge is -2.21. The lowest BCUT2D eigenvalue weighted by molar-refractivity contribution is -0.125. The first kappa shape index (κ1) is 16.2. The molecule has 0 fully saturated rings. The van der Waals surface area contributed by atoms with Gasteiger partial charge >= 0.3 is 0 Å². The highest BCUT2D eigenvalue weighted by atomic mass is 16.7. The molecular formula is C21H21N3O3. The molecule has 6 heteroatoms. The molecule has 1 aliphatic carbocycles. The molecule has 1 amide bonds. The molecule has 2 aromatic heterocycles. The molecule has 0 radical (unpaired) electrons. The summed E-state index contributed by atoms with van der Waals surface area (Å²) >= 11 is 0. The van der Waals surface area contributed by atoms with Crippen molar-refractivity contribution in [3.05, 3.63) is 59.0 Å². The molecule has 3 heterocycles. The topological polar surface area (TPSA) is 64.9 Å². The molecule has 3 aromatic rings. The van der Waals surface area contributed by atoms with Gasteiger partial charge in [0, 0.05) is 30.8 Å². The number of nitrogens with zero attached hydrogens (tertiary/aromatic N) is 2. The predicted octanol–water partition coefficient (Wildman–Crippen LogP) is 2.79. The van der Waals surface area contributed by atoms with Crippen molar-refractivity contribution in [1.82, 2.24) is 14.7 Å². The van der Waals surface area contributed by atoms with E-state index in [1.54, 1.807) is 0 Å².